The molecule has 2 aromatic rings. The number of nitrogen functional groups attached to an aromatic ring is 1. The Morgan fingerprint density at radius 3 is 2.31 bits per heavy atom. The molecule has 2 aromatic heterocycles. The fourth-order valence-electron chi connectivity index (χ4n) is 6.01. The molecule has 2 unspecified atom stereocenters. The lowest BCUT2D eigenvalue weighted by molar-refractivity contribution is -0.137. The Balaban J connectivity index is 1.38. The minimum atomic E-state index is -5.56. The van der Waals surface area contributed by atoms with E-state index in [-0.39, 0.29) is 42.0 Å². The summed E-state index contributed by atoms with van der Waals surface area (Å²) in [7, 11) is -16.4. The first-order chi connectivity index (χ1) is 28.6. The van der Waals surface area contributed by atoms with Crippen LogP contribution in [0.4, 0.5) is 5.82 Å². The normalized spacial score (nSPS) is 21.5. The second kappa shape index (κ2) is 24.8. The number of carbonyl (C=O) groups excluding carboxylic acids is 2. The average molecular weight is 952 g/mol. The van der Waals surface area contributed by atoms with E-state index in [4.69, 9.17) is 19.5 Å². The molecular weight excluding hydrogens is 891 g/mol. The molecule has 3 rings (SSSR count). The number of nitrogens with two attached hydrogens (primary N) is 1. The minimum absolute atomic E-state index is 0.0363. The summed E-state index contributed by atoms with van der Waals surface area (Å²) in [4.78, 5) is 75.9. The zero-order valence-electron chi connectivity index (χ0n) is 34.3. The topological polar surface area (TPSA) is 367 Å². The summed E-state index contributed by atoms with van der Waals surface area (Å²) < 4.78 is 62.3. The maximum atomic E-state index is 12.7. The van der Waals surface area contributed by atoms with Gasteiger partial charge in [-0.25, -0.2) is 28.6 Å². The van der Waals surface area contributed by atoms with Gasteiger partial charge in [0, 0.05) is 30.7 Å². The molecule has 61 heavy (non-hydrogen) atoms. The zero-order valence-corrected chi connectivity index (χ0v) is 37.8. The van der Waals surface area contributed by atoms with Gasteiger partial charge in [0.15, 0.2) is 17.7 Å². The summed E-state index contributed by atoms with van der Waals surface area (Å²) in [5.41, 5.74) is 4.30. The first-order valence-electron chi connectivity index (χ1n) is 19.7. The second-order valence-corrected chi connectivity index (χ2v) is 20.5. The molecule has 1 aliphatic heterocycles. The van der Waals surface area contributed by atoms with E-state index >= 15 is 0 Å². The number of fused-ring (bicyclic) bond motifs is 1. The Morgan fingerprint density at radius 2 is 1.62 bits per heavy atom. The number of hydrogen-bond donors (Lipinski definition) is 10. The van der Waals surface area contributed by atoms with Crippen LogP contribution in [0.1, 0.15) is 91.2 Å². The van der Waals surface area contributed by atoms with Crippen molar-refractivity contribution < 1.29 is 80.8 Å². The predicted octanol–water partition coefficient (Wildman–Crippen LogP) is 2.03. The number of anilines is 1. The van der Waals surface area contributed by atoms with Crippen molar-refractivity contribution in [2.24, 2.45) is 5.41 Å². The van der Waals surface area contributed by atoms with Crippen molar-refractivity contribution in [2.75, 3.05) is 43.5 Å². The van der Waals surface area contributed by atoms with Crippen LogP contribution in [0.15, 0.2) is 12.7 Å². The highest BCUT2D eigenvalue weighted by atomic mass is 32.2. The number of nitrogens with one attached hydrogen (secondary N) is 2. The van der Waals surface area contributed by atoms with Crippen LogP contribution < -0.4 is 16.4 Å². The molecule has 24 nitrogen and oxygen atoms in total. The fraction of sp³-hybridized carbons (Fsp3) is 0.788. The number of amides is 2. The van der Waals surface area contributed by atoms with Gasteiger partial charge in [-0.1, -0.05) is 65.7 Å². The molecule has 0 radical (unpaired) electrons. The van der Waals surface area contributed by atoms with Crippen molar-refractivity contribution in [3.63, 3.8) is 0 Å². The van der Waals surface area contributed by atoms with E-state index in [1.54, 1.807) is 11.8 Å². The molecule has 1 fully saturated rings. The van der Waals surface area contributed by atoms with E-state index in [0.717, 1.165) is 42.2 Å². The molecule has 1 saturated heterocycles. The lowest BCUT2D eigenvalue weighted by Crippen LogP contribution is -2.46. The van der Waals surface area contributed by atoms with E-state index in [1.165, 1.54) is 46.0 Å². The van der Waals surface area contributed by atoms with Gasteiger partial charge in [-0.2, -0.15) is 16.1 Å². The molecule has 0 aliphatic carbocycles. The monoisotopic (exact) mass is 951 g/mol. The van der Waals surface area contributed by atoms with Crippen LogP contribution in [0, 0.1) is 5.41 Å². The van der Waals surface area contributed by atoms with Crippen LogP contribution in [0.5, 0.6) is 0 Å². The Bertz CT molecular complexity index is 1840. The largest absolute Gasteiger partial charge is 0.481 e. The Kier molecular flexibility index (Phi) is 21.6. The highest BCUT2D eigenvalue weighted by Crippen LogP contribution is 2.61. The van der Waals surface area contributed by atoms with Gasteiger partial charge in [0.2, 0.25) is 11.8 Å². The van der Waals surface area contributed by atoms with Crippen LogP contribution in [0.3, 0.4) is 0 Å². The van der Waals surface area contributed by atoms with Crippen LogP contribution in [-0.2, 0) is 45.9 Å². The molecule has 11 N–H and O–H groups in total. The van der Waals surface area contributed by atoms with Gasteiger partial charge in [-0.3, -0.25) is 27.7 Å². The maximum absolute atomic E-state index is 12.7. The Hall–Kier alpha value is -2.15. The number of carbonyl (C=O) groups is 2. The van der Waals surface area contributed by atoms with E-state index < -0.39 is 78.6 Å². The molecule has 1 aliphatic rings. The number of phosphoric ester groups is 3. The molecule has 0 saturated carbocycles. The Morgan fingerprint density at radius 1 is 0.951 bits per heavy atom. The summed E-state index contributed by atoms with van der Waals surface area (Å²) in [6, 6.07) is 0. The number of rotatable bonds is 30. The molecule has 0 bridgehead atoms. The van der Waals surface area contributed by atoms with Gasteiger partial charge in [-0.05, 0) is 18.6 Å². The number of aliphatic hydroxyl groups excluding tert-OH is 3. The standard InChI is InChI=1S/C33H60N7O17P3S/c1-4-5-6-7-8-9-10-11-22(41)13-16-61-17-15-35-24(42)12-14-36-31(45)28(44)33(2,3)19-54-60(51,52)57-59(49,50)53-18-23-27(56-58(46,47)48)26(43)32(55-23)40-21-39-25-29(34)37-20-38-30(25)40/h20-23,26-28,32,41,43-44H,4-19H2,1-3H3,(H,35,42)(H,36,45)(H,49,50)(H,51,52)(H2,34,37,38)(H2,46,47,48)/t22-,23+,26+,27+,28-,32+/m0/s1. The number of hydrogen-bond acceptors (Lipinski definition) is 18. The molecule has 2 amide bonds. The highest BCUT2D eigenvalue weighted by Gasteiger charge is 2.50. The van der Waals surface area contributed by atoms with Gasteiger partial charge in [0.25, 0.3) is 0 Å². The molecular formula is C33H60N7O17P3S. The second-order valence-electron chi connectivity index (χ2n) is 15.0. The smallest absolute Gasteiger partial charge is 0.393 e. The van der Waals surface area contributed by atoms with E-state index in [0.29, 0.717) is 18.7 Å². The van der Waals surface area contributed by atoms with Crippen molar-refractivity contribution in [1.82, 2.24) is 30.2 Å². The molecule has 0 spiro atoms. The summed E-state index contributed by atoms with van der Waals surface area (Å²) in [5, 5.41) is 36.8. The molecule has 350 valence electrons. The number of nitrogens with zero attached hydrogens (tertiary/aromatic N) is 4. The quantitative estimate of drug-likeness (QED) is 0.0395. The third-order valence-electron chi connectivity index (χ3n) is 9.38. The van der Waals surface area contributed by atoms with Crippen molar-refractivity contribution >= 4 is 64.0 Å². The fourth-order valence-corrected chi connectivity index (χ4v) is 9.72. The SMILES string of the molecule is CCCCCCCCC[C@H](O)CCSCCNC(=O)CCNC(=O)[C@H](O)C(C)(C)COP(=O)(O)OP(=O)(O)OC[C@H]1O[C@@H](n2cnc3c(N)ncnc32)[C@H](O)[C@@H]1OP(=O)(O)O. The maximum Gasteiger partial charge on any atom is 0.481 e. The third kappa shape index (κ3) is 18.5. The lowest BCUT2D eigenvalue weighted by Gasteiger charge is -2.30. The first-order valence-corrected chi connectivity index (χ1v) is 25.4. The van der Waals surface area contributed by atoms with E-state index in [1.807, 2.05) is 0 Å². The number of phosphoric acid groups is 3. The highest BCUT2D eigenvalue weighted by molar-refractivity contribution is 7.99. The van der Waals surface area contributed by atoms with Gasteiger partial charge in [0.05, 0.1) is 25.6 Å². The molecule has 3 heterocycles. The number of aromatic nitrogens is 4. The summed E-state index contributed by atoms with van der Waals surface area (Å²) in [5.74, 6) is 0.0652. The number of unbranched alkanes of at least 4 members (excludes halogenated alkanes) is 6. The van der Waals surface area contributed by atoms with Crippen molar-refractivity contribution in [1.29, 1.82) is 0 Å². The van der Waals surface area contributed by atoms with Crippen LogP contribution >= 0.6 is 35.2 Å². The number of ether oxygens (including phenoxy) is 1. The zero-order chi connectivity index (χ0) is 45.4. The van der Waals surface area contributed by atoms with Crippen molar-refractivity contribution in [3.8, 4) is 0 Å². The van der Waals surface area contributed by atoms with Gasteiger partial charge in [0.1, 0.15) is 36.3 Å². The predicted molar refractivity (Wildman–Crippen MR) is 220 cm³/mol. The number of aliphatic hydroxyl groups is 3. The summed E-state index contributed by atoms with van der Waals surface area (Å²) in [6.45, 7) is 2.98. The van der Waals surface area contributed by atoms with Gasteiger partial charge < -0.3 is 56.0 Å². The third-order valence-corrected chi connectivity index (χ3v) is 13.5. The van der Waals surface area contributed by atoms with Gasteiger partial charge >= 0.3 is 23.5 Å². The minimum Gasteiger partial charge on any atom is -0.393 e. The van der Waals surface area contributed by atoms with E-state index in [2.05, 4.69) is 41.3 Å². The lowest BCUT2D eigenvalue weighted by atomic mass is 9.87. The Labute approximate surface area is 357 Å². The van der Waals surface area contributed by atoms with Gasteiger partial charge in [-0.15, -0.1) is 0 Å². The number of imidazole rings is 1. The van der Waals surface area contributed by atoms with Crippen LogP contribution in [-0.4, -0.2) is 135 Å². The average Bonchev–Trinajstić information content (AvgIpc) is 3.73. The summed E-state index contributed by atoms with van der Waals surface area (Å²) >= 11 is 1.61. The molecule has 8 atom stereocenters. The summed E-state index contributed by atoms with van der Waals surface area (Å²) in [6.07, 6.45) is 2.68. The van der Waals surface area contributed by atoms with Crippen LogP contribution in [0.2, 0.25) is 0 Å². The number of thioether (sulfide) groups is 1. The van der Waals surface area contributed by atoms with Crippen molar-refractivity contribution in [3.05, 3.63) is 12.7 Å². The molecule has 0 aromatic carbocycles. The van der Waals surface area contributed by atoms with Crippen molar-refractivity contribution in [2.45, 2.75) is 122 Å². The van der Waals surface area contributed by atoms with Crippen LogP contribution in [0.25, 0.3) is 11.2 Å². The molecule has 28 heteroatoms. The first kappa shape index (κ1) is 53.2. The van der Waals surface area contributed by atoms with E-state index in [9.17, 15) is 58.2 Å².